The van der Waals surface area contributed by atoms with E-state index >= 15 is 0 Å². The van der Waals surface area contributed by atoms with Crippen LogP contribution in [0.5, 0.6) is 5.75 Å². The largest absolute Gasteiger partial charge is 0.498 e. The molecule has 0 unspecified atom stereocenters. The molecule has 1 spiro atoms. The molecule has 3 fully saturated rings. The Kier molecular flexibility index (Phi) is 5.45. The van der Waals surface area contributed by atoms with Crippen LogP contribution in [-0.2, 0) is 9.31 Å². The minimum Gasteiger partial charge on any atom is -0.497 e. The molecule has 3 aliphatic rings. The van der Waals surface area contributed by atoms with E-state index in [1.54, 1.807) is 19.5 Å². The molecule has 2 atom stereocenters. The number of fused-ring (bicyclic) bond motifs is 3. The summed E-state index contributed by atoms with van der Waals surface area (Å²) in [5.41, 5.74) is 10.6. The highest BCUT2D eigenvalue weighted by molar-refractivity contribution is 6.63. The van der Waals surface area contributed by atoms with Gasteiger partial charge in [0, 0.05) is 40.3 Å². The molecule has 206 valence electrons. The average Bonchev–Trinajstić information content (AvgIpc) is 3.53. The Balaban J connectivity index is 1.39. The number of hydrogen-bond donors (Lipinski definition) is 1. The summed E-state index contributed by atoms with van der Waals surface area (Å²) in [6, 6.07) is 12.1. The molecular weight excluding hydrogens is 501 g/mol. The van der Waals surface area contributed by atoms with Gasteiger partial charge in [-0.25, -0.2) is 4.68 Å². The van der Waals surface area contributed by atoms with Crippen LogP contribution in [0.3, 0.4) is 0 Å². The molecule has 0 bridgehead atoms. The van der Waals surface area contributed by atoms with Gasteiger partial charge in [0.1, 0.15) is 5.75 Å². The standard InChI is InChI=1S/C31H36BN5O3/c1-28(2)12-13-29(3)30(4,31(28)10-6-11-31)40-32(39-29)23-17-22(26(18-27(23)38-5)37-15-7-14-35-37)20-8-9-21-24(33)19-34-36-25(21)16-20/h7-9,14-19H,6,10-13H2,1-5H3,(H2,33,36)/t29-,30-/m1/s1. The van der Waals surface area contributed by atoms with Crippen molar-refractivity contribution in [1.29, 1.82) is 0 Å². The number of nitrogen functional groups attached to an aromatic ring is 1. The molecule has 4 aromatic rings. The van der Waals surface area contributed by atoms with Gasteiger partial charge in [0.05, 0.1) is 41.4 Å². The lowest BCUT2D eigenvalue weighted by Crippen LogP contribution is -2.70. The molecule has 3 heterocycles. The number of methoxy groups -OCH3 is 1. The van der Waals surface area contributed by atoms with E-state index in [2.05, 4.69) is 55.1 Å². The first-order chi connectivity index (χ1) is 19.1. The second-order valence-corrected chi connectivity index (χ2v) is 12.7. The van der Waals surface area contributed by atoms with E-state index < -0.39 is 18.3 Å². The van der Waals surface area contributed by atoms with Crippen LogP contribution >= 0.6 is 0 Å². The van der Waals surface area contributed by atoms with E-state index in [0.29, 0.717) is 11.4 Å². The number of hydrogen-bond acceptors (Lipinski definition) is 7. The topological polar surface area (TPSA) is 97.3 Å². The van der Waals surface area contributed by atoms with E-state index in [-0.39, 0.29) is 10.8 Å². The van der Waals surface area contributed by atoms with E-state index in [4.69, 9.17) is 19.8 Å². The SMILES string of the molecule is COc1cc(-n2cccn2)c(-c2ccc3c(N)cnnc3c2)cc1B1O[C@]2(C)CCC(C)(C)C3(CCC3)[C@]2(C)O1. The van der Waals surface area contributed by atoms with E-state index in [9.17, 15) is 0 Å². The quantitative estimate of drug-likeness (QED) is 0.352. The summed E-state index contributed by atoms with van der Waals surface area (Å²) < 4.78 is 21.9. The number of nitrogens with two attached hydrogens (primary N) is 1. The maximum Gasteiger partial charge on any atom is 0.498 e. The number of anilines is 1. The minimum absolute atomic E-state index is 0.0871. The van der Waals surface area contributed by atoms with Crippen LogP contribution in [-0.4, -0.2) is 45.4 Å². The molecule has 0 amide bonds. The Morgan fingerprint density at radius 3 is 2.55 bits per heavy atom. The molecule has 7 rings (SSSR count). The van der Waals surface area contributed by atoms with Crippen molar-refractivity contribution in [1.82, 2.24) is 20.0 Å². The maximum atomic E-state index is 7.12. The number of rotatable bonds is 4. The zero-order chi connectivity index (χ0) is 27.9. The van der Waals surface area contributed by atoms with Crippen LogP contribution in [0.2, 0.25) is 0 Å². The second-order valence-electron chi connectivity index (χ2n) is 12.7. The Hall–Kier alpha value is -3.43. The van der Waals surface area contributed by atoms with Gasteiger partial charge in [-0.05, 0) is 74.8 Å². The maximum absolute atomic E-state index is 7.12. The normalized spacial score (nSPS) is 26.6. The third-order valence-corrected chi connectivity index (χ3v) is 10.7. The highest BCUT2D eigenvalue weighted by atomic mass is 16.7. The van der Waals surface area contributed by atoms with Crippen LogP contribution in [0.4, 0.5) is 5.69 Å². The molecule has 8 nitrogen and oxygen atoms in total. The fourth-order valence-corrected chi connectivity index (χ4v) is 7.90. The molecule has 2 aromatic carbocycles. The first-order valence-corrected chi connectivity index (χ1v) is 14.2. The van der Waals surface area contributed by atoms with Crippen LogP contribution in [0, 0.1) is 10.8 Å². The molecule has 9 heteroatoms. The van der Waals surface area contributed by atoms with Gasteiger partial charge >= 0.3 is 7.12 Å². The summed E-state index contributed by atoms with van der Waals surface area (Å²) in [4.78, 5) is 0. The zero-order valence-electron chi connectivity index (χ0n) is 23.9. The predicted molar refractivity (Wildman–Crippen MR) is 157 cm³/mol. The molecule has 2 N–H and O–H groups in total. The summed E-state index contributed by atoms with van der Waals surface area (Å²) in [5.74, 6) is 0.705. The van der Waals surface area contributed by atoms with Gasteiger partial charge in [-0.15, -0.1) is 0 Å². The first-order valence-electron chi connectivity index (χ1n) is 14.2. The van der Waals surface area contributed by atoms with Gasteiger partial charge in [-0.2, -0.15) is 15.3 Å². The Bertz CT molecular complexity index is 1620. The number of aromatic nitrogens is 4. The third kappa shape index (κ3) is 3.31. The van der Waals surface area contributed by atoms with E-state index in [1.165, 1.54) is 19.3 Å². The molecule has 2 aliphatic carbocycles. The van der Waals surface area contributed by atoms with Crippen LogP contribution in [0.1, 0.15) is 59.8 Å². The number of benzene rings is 2. The summed E-state index contributed by atoms with van der Waals surface area (Å²) in [6.07, 6.45) is 10.9. The van der Waals surface area contributed by atoms with E-state index in [1.807, 2.05) is 35.1 Å². The fourth-order valence-electron chi connectivity index (χ4n) is 7.90. The summed E-state index contributed by atoms with van der Waals surface area (Å²) >= 11 is 0. The van der Waals surface area contributed by atoms with Gasteiger partial charge in [0.2, 0.25) is 0 Å². The smallest absolute Gasteiger partial charge is 0.497 e. The van der Waals surface area contributed by atoms with Gasteiger partial charge in [0.25, 0.3) is 0 Å². The fraction of sp³-hybridized carbons (Fsp3) is 0.452. The average molecular weight is 537 g/mol. The van der Waals surface area contributed by atoms with Gasteiger partial charge in [-0.3, -0.25) is 0 Å². The molecule has 40 heavy (non-hydrogen) atoms. The van der Waals surface area contributed by atoms with Gasteiger partial charge in [-0.1, -0.05) is 26.3 Å². The van der Waals surface area contributed by atoms with E-state index in [0.717, 1.165) is 46.0 Å². The molecule has 1 aliphatic heterocycles. The lowest BCUT2D eigenvalue weighted by Gasteiger charge is -2.68. The van der Waals surface area contributed by atoms with Crippen molar-refractivity contribution in [2.24, 2.45) is 10.8 Å². The molecule has 0 radical (unpaired) electrons. The van der Waals surface area contributed by atoms with Crippen LogP contribution in [0.15, 0.2) is 55.0 Å². The molecule has 1 saturated heterocycles. The summed E-state index contributed by atoms with van der Waals surface area (Å²) in [5, 5.41) is 13.8. The van der Waals surface area contributed by atoms with Crippen LogP contribution < -0.4 is 15.9 Å². The van der Waals surface area contributed by atoms with Gasteiger partial charge in [0.15, 0.2) is 0 Å². The number of nitrogens with zero attached hydrogens (tertiary/aromatic N) is 4. The second kappa shape index (κ2) is 8.54. The Morgan fingerprint density at radius 1 is 1.02 bits per heavy atom. The van der Waals surface area contributed by atoms with Crippen molar-refractivity contribution in [3.8, 4) is 22.6 Å². The van der Waals surface area contributed by atoms with Crippen molar-refractivity contribution < 1.29 is 14.0 Å². The first kappa shape index (κ1) is 25.5. The minimum atomic E-state index is -0.558. The summed E-state index contributed by atoms with van der Waals surface area (Å²) in [6.45, 7) is 9.38. The lowest BCUT2D eigenvalue weighted by atomic mass is 9.40. The van der Waals surface area contributed by atoms with Crippen molar-refractivity contribution in [2.75, 3.05) is 12.8 Å². The van der Waals surface area contributed by atoms with Crippen molar-refractivity contribution >= 4 is 29.2 Å². The summed E-state index contributed by atoms with van der Waals surface area (Å²) in [7, 11) is 1.14. The third-order valence-electron chi connectivity index (χ3n) is 10.7. The highest BCUT2D eigenvalue weighted by Crippen LogP contribution is 2.71. The Labute approximate surface area is 235 Å². The highest BCUT2D eigenvalue weighted by Gasteiger charge is 2.74. The molecule has 2 saturated carbocycles. The zero-order valence-corrected chi connectivity index (χ0v) is 23.9. The Morgan fingerprint density at radius 2 is 1.85 bits per heavy atom. The van der Waals surface area contributed by atoms with Crippen molar-refractivity contribution in [2.45, 2.75) is 71.0 Å². The lowest BCUT2D eigenvalue weighted by molar-refractivity contribution is -0.237. The van der Waals surface area contributed by atoms with Crippen molar-refractivity contribution in [3.05, 3.63) is 55.0 Å². The van der Waals surface area contributed by atoms with Crippen molar-refractivity contribution in [3.63, 3.8) is 0 Å². The molecule has 2 aromatic heterocycles. The molecular formula is C31H36BN5O3. The van der Waals surface area contributed by atoms with Gasteiger partial charge < -0.3 is 19.8 Å². The number of ether oxygens (including phenoxy) is 1. The predicted octanol–water partition coefficient (Wildman–Crippen LogP) is 5.32. The monoisotopic (exact) mass is 537 g/mol. The van der Waals surface area contributed by atoms with Crippen LogP contribution in [0.25, 0.3) is 27.7 Å².